The lowest BCUT2D eigenvalue weighted by Gasteiger charge is -2.39. The summed E-state index contributed by atoms with van der Waals surface area (Å²) in [6.07, 6.45) is 9.55. The van der Waals surface area contributed by atoms with Crippen molar-refractivity contribution in [3.63, 3.8) is 0 Å². The maximum atomic E-state index is 15.0. The van der Waals surface area contributed by atoms with E-state index in [1.165, 1.54) is 78.8 Å². The van der Waals surface area contributed by atoms with Gasteiger partial charge in [-0.05, 0) is 110 Å². The number of hydrogen-bond donors (Lipinski definition) is 2. The van der Waals surface area contributed by atoms with E-state index in [4.69, 9.17) is 16.3 Å². The van der Waals surface area contributed by atoms with Crippen molar-refractivity contribution < 1.29 is 31.7 Å². The summed E-state index contributed by atoms with van der Waals surface area (Å²) in [6, 6.07) is 20.0. The lowest BCUT2D eigenvalue weighted by atomic mass is 9.72. The molecule has 0 bridgehead atoms. The molecule has 0 aromatic heterocycles. The summed E-state index contributed by atoms with van der Waals surface area (Å²) in [7, 11) is -4.67. The first-order valence-corrected chi connectivity index (χ1v) is 24.0. The molecule has 1 amide bonds. The highest BCUT2D eigenvalue weighted by Gasteiger charge is 2.32. The molecular weight excluding hydrogens is 862 g/mol. The van der Waals surface area contributed by atoms with E-state index in [2.05, 4.69) is 46.0 Å². The highest BCUT2D eigenvalue weighted by atomic mass is 35.5. The Kier molecular flexibility index (Phi) is 13.6. The Bertz CT molecular complexity index is 2520. The highest BCUT2D eigenvalue weighted by Crippen LogP contribution is 2.44. The minimum absolute atomic E-state index is 0.0206. The van der Waals surface area contributed by atoms with Gasteiger partial charge in [0.25, 0.3) is 21.6 Å². The number of halogens is 3. The number of piperidine rings is 1. The zero-order chi connectivity index (χ0) is 45.2. The Hall–Kier alpha value is -5.09. The number of nitro groups is 1. The average molecular weight is 918 g/mol. The molecule has 64 heavy (non-hydrogen) atoms. The summed E-state index contributed by atoms with van der Waals surface area (Å²) >= 11 is 6.22. The van der Waals surface area contributed by atoms with Gasteiger partial charge in [-0.25, -0.2) is 17.5 Å². The largest absolute Gasteiger partial charge is 0.453 e. The van der Waals surface area contributed by atoms with Gasteiger partial charge in [0.1, 0.15) is 11.4 Å². The van der Waals surface area contributed by atoms with Crippen molar-refractivity contribution in [1.82, 2.24) is 14.5 Å². The molecule has 0 spiro atoms. The number of sulfonamides is 1. The number of ether oxygens (including phenoxy) is 1. The minimum atomic E-state index is -4.67. The van der Waals surface area contributed by atoms with E-state index < -0.39 is 48.8 Å². The molecule has 12 nitrogen and oxygen atoms in total. The number of allylic oxidation sites excluding steroid dienone is 1. The Balaban J connectivity index is 0.977. The van der Waals surface area contributed by atoms with Crippen molar-refractivity contribution in [2.75, 3.05) is 56.0 Å². The normalized spacial score (nSPS) is 19.2. The van der Waals surface area contributed by atoms with Crippen LogP contribution in [0.15, 0.2) is 89.3 Å². The maximum Gasteiger partial charge on any atom is 0.293 e. The molecule has 0 unspecified atom stereocenters. The molecule has 2 aliphatic carbocycles. The lowest BCUT2D eigenvalue weighted by molar-refractivity contribution is -0.384. The van der Waals surface area contributed by atoms with Gasteiger partial charge >= 0.3 is 0 Å². The van der Waals surface area contributed by atoms with Gasteiger partial charge in [0.2, 0.25) is 5.82 Å². The molecule has 3 fully saturated rings. The van der Waals surface area contributed by atoms with E-state index in [1.54, 1.807) is 6.07 Å². The molecule has 1 saturated carbocycles. The Morgan fingerprint density at radius 2 is 1.62 bits per heavy atom. The van der Waals surface area contributed by atoms with E-state index in [0.29, 0.717) is 29.8 Å². The zero-order valence-electron chi connectivity index (χ0n) is 36.3. The third-order valence-corrected chi connectivity index (χ3v) is 14.9. The fourth-order valence-electron chi connectivity index (χ4n) is 9.64. The lowest BCUT2D eigenvalue weighted by Crippen LogP contribution is -2.47. The van der Waals surface area contributed by atoms with Crippen LogP contribution in [0.1, 0.15) is 87.6 Å². The fraction of sp³-hybridized carbons (Fsp3) is 0.438. The summed E-state index contributed by atoms with van der Waals surface area (Å²) in [5, 5.41) is 16.2. The first-order valence-electron chi connectivity index (χ1n) is 22.2. The molecule has 0 atom stereocenters. The van der Waals surface area contributed by atoms with E-state index in [1.807, 2.05) is 16.9 Å². The fourth-order valence-corrected chi connectivity index (χ4v) is 10.8. The van der Waals surface area contributed by atoms with Gasteiger partial charge in [-0.15, -0.1) is 0 Å². The van der Waals surface area contributed by atoms with Crippen molar-refractivity contribution in [3.05, 3.63) is 122 Å². The van der Waals surface area contributed by atoms with Crippen LogP contribution in [-0.4, -0.2) is 86.9 Å². The van der Waals surface area contributed by atoms with Crippen molar-refractivity contribution in [3.8, 4) is 11.5 Å². The van der Waals surface area contributed by atoms with Gasteiger partial charge < -0.3 is 19.9 Å². The standard InChI is InChI=1S/C48H55ClF2N6O6S/c1-48(2)21-18-33(40(30-48)32-10-12-34(49)13-11-32)31-54-24-26-56(27-25-54)37-14-16-39(45(28-37)63-44-9-5-8-41(50)46(44)51)47(58)53-64(61,62)38-15-17-42(43(29-38)57(59)60)52-35-19-22-55(23-20-35)36-6-3-4-7-36/h5,8-17,28-29,35-36,52H,3-4,6-7,18-27,30-31H2,1-2H3,(H,53,58). The molecule has 4 aromatic carbocycles. The maximum absolute atomic E-state index is 15.0. The Morgan fingerprint density at radius 1 is 0.906 bits per heavy atom. The number of carbonyl (C=O) groups excluding carboxylic acids is 1. The van der Waals surface area contributed by atoms with Crippen LogP contribution in [0.5, 0.6) is 11.5 Å². The first-order chi connectivity index (χ1) is 30.6. The second kappa shape index (κ2) is 19.2. The number of nitro benzene ring substituents is 1. The molecule has 2 heterocycles. The Morgan fingerprint density at radius 3 is 2.33 bits per heavy atom. The van der Waals surface area contributed by atoms with Crippen LogP contribution in [0.3, 0.4) is 0 Å². The van der Waals surface area contributed by atoms with E-state index in [-0.39, 0.29) is 28.5 Å². The molecule has 4 aliphatic rings. The predicted octanol–water partition coefficient (Wildman–Crippen LogP) is 10.0. The third kappa shape index (κ3) is 10.5. The van der Waals surface area contributed by atoms with E-state index >= 15 is 0 Å². The second-order valence-electron chi connectivity index (χ2n) is 18.3. The SMILES string of the molecule is CC1(C)CCC(CN2CCN(c3ccc(C(=O)NS(=O)(=O)c4ccc(NC5CCN(C6CCCC6)CC5)c([N+](=O)[O-])c4)c(Oc4cccc(F)c4F)c3)CC2)=C(c2ccc(Cl)cc2)C1. The van der Waals surface area contributed by atoms with Gasteiger partial charge in [-0.1, -0.05) is 62.1 Å². The van der Waals surface area contributed by atoms with Crippen LogP contribution in [0.4, 0.5) is 25.8 Å². The third-order valence-electron chi connectivity index (χ3n) is 13.3. The molecule has 2 aliphatic heterocycles. The summed E-state index contributed by atoms with van der Waals surface area (Å²) in [5.74, 6) is -4.27. The predicted molar refractivity (Wildman–Crippen MR) is 246 cm³/mol. The first kappa shape index (κ1) is 45.5. The Labute approximate surface area is 378 Å². The summed E-state index contributed by atoms with van der Waals surface area (Å²) in [6.45, 7) is 9.90. The van der Waals surface area contributed by atoms with Crippen molar-refractivity contribution in [1.29, 1.82) is 0 Å². The van der Waals surface area contributed by atoms with E-state index in [9.17, 15) is 32.1 Å². The van der Waals surface area contributed by atoms with Gasteiger partial charge in [-0.3, -0.25) is 19.8 Å². The number of likely N-dealkylation sites (tertiary alicyclic amines) is 1. The minimum Gasteiger partial charge on any atom is -0.453 e. The molecular formula is C48H55ClF2N6O6S. The number of hydrogen-bond acceptors (Lipinski definition) is 10. The molecule has 16 heteroatoms. The number of nitrogens with one attached hydrogen (secondary N) is 2. The van der Waals surface area contributed by atoms with Crippen molar-refractivity contribution in [2.24, 2.45) is 5.41 Å². The van der Waals surface area contributed by atoms with Crippen LogP contribution >= 0.6 is 11.6 Å². The smallest absolute Gasteiger partial charge is 0.293 e. The number of amides is 1. The second-order valence-corrected chi connectivity index (χ2v) is 20.4. The number of anilines is 2. The van der Waals surface area contributed by atoms with Gasteiger partial charge in [0.15, 0.2) is 11.6 Å². The van der Waals surface area contributed by atoms with Gasteiger partial charge in [0.05, 0.1) is 15.4 Å². The zero-order valence-corrected chi connectivity index (χ0v) is 37.8. The topological polar surface area (TPSA) is 137 Å². The number of rotatable bonds is 13. The number of piperazine rings is 1. The van der Waals surface area contributed by atoms with Crippen molar-refractivity contribution >= 4 is 50.2 Å². The van der Waals surface area contributed by atoms with Crippen molar-refractivity contribution in [2.45, 2.75) is 88.6 Å². The monoisotopic (exact) mass is 916 g/mol. The van der Waals surface area contributed by atoms with Crippen LogP contribution < -0.4 is 19.7 Å². The van der Waals surface area contributed by atoms with Gasteiger partial charge in [0, 0.05) is 80.7 Å². The molecule has 4 aromatic rings. The van der Waals surface area contributed by atoms with E-state index in [0.717, 1.165) is 77.0 Å². The molecule has 340 valence electrons. The summed E-state index contributed by atoms with van der Waals surface area (Å²) in [4.78, 5) is 32.0. The molecule has 0 radical (unpaired) electrons. The van der Waals surface area contributed by atoms with Crippen LogP contribution in [0.2, 0.25) is 5.02 Å². The average Bonchev–Trinajstić information content (AvgIpc) is 3.82. The molecule has 2 N–H and O–H groups in total. The number of carbonyl (C=O) groups is 1. The molecule has 8 rings (SSSR count). The summed E-state index contributed by atoms with van der Waals surface area (Å²) in [5.41, 5.74) is 4.28. The number of benzene rings is 4. The summed E-state index contributed by atoms with van der Waals surface area (Å²) < 4.78 is 64.6. The van der Waals surface area contributed by atoms with Crippen LogP contribution in [0, 0.1) is 27.2 Å². The highest BCUT2D eigenvalue weighted by molar-refractivity contribution is 7.90. The van der Waals surface area contributed by atoms with Crippen LogP contribution in [0.25, 0.3) is 5.57 Å². The quantitative estimate of drug-likeness (QED) is 0.0985. The van der Waals surface area contributed by atoms with Crippen LogP contribution in [-0.2, 0) is 10.0 Å². The number of nitrogens with zero attached hydrogens (tertiary/aromatic N) is 4. The van der Waals surface area contributed by atoms with Gasteiger partial charge in [-0.2, -0.15) is 4.39 Å². The molecule has 2 saturated heterocycles.